The molecule has 1 amide bonds. The normalized spacial score (nSPS) is 11.0. The van der Waals surface area contributed by atoms with Crippen molar-refractivity contribution in [2.24, 2.45) is 0 Å². The summed E-state index contributed by atoms with van der Waals surface area (Å²) >= 11 is 12.6. The molecule has 4 aromatic rings. The van der Waals surface area contributed by atoms with Crippen molar-refractivity contribution in [3.05, 3.63) is 87.4 Å². The van der Waals surface area contributed by atoms with E-state index in [1.807, 2.05) is 56.3 Å². The lowest BCUT2D eigenvalue weighted by atomic mass is 10.1. The van der Waals surface area contributed by atoms with Gasteiger partial charge in [0, 0.05) is 33.4 Å². The van der Waals surface area contributed by atoms with E-state index in [1.54, 1.807) is 18.2 Å². The van der Waals surface area contributed by atoms with Gasteiger partial charge >= 0.3 is 0 Å². The minimum absolute atomic E-state index is 0.149. The second kappa shape index (κ2) is 7.34. The molecule has 5 heteroatoms. The fourth-order valence-electron chi connectivity index (χ4n) is 3.19. The summed E-state index contributed by atoms with van der Waals surface area (Å²) in [6.45, 7) is 4.07. The van der Waals surface area contributed by atoms with E-state index >= 15 is 0 Å². The molecule has 3 aromatic carbocycles. The van der Waals surface area contributed by atoms with E-state index in [0.717, 1.165) is 33.4 Å². The van der Waals surface area contributed by atoms with Gasteiger partial charge in [-0.2, -0.15) is 0 Å². The number of halogens is 2. The average molecular weight is 409 g/mol. The van der Waals surface area contributed by atoms with Crippen LogP contribution < -0.4 is 5.32 Å². The van der Waals surface area contributed by atoms with E-state index in [1.165, 1.54) is 5.56 Å². The molecule has 2 N–H and O–H groups in total. The zero-order chi connectivity index (χ0) is 19.8. The molecule has 0 saturated heterocycles. The van der Waals surface area contributed by atoms with Crippen LogP contribution in [0.1, 0.15) is 21.5 Å². The summed E-state index contributed by atoms with van der Waals surface area (Å²) in [5.74, 6) is -0.149. The Labute approximate surface area is 173 Å². The van der Waals surface area contributed by atoms with Crippen LogP contribution >= 0.6 is 23.2 Å². The van der Waals surface area contributed by atoms with E-state index in [9.17, 15) is 4.79 Å². The highest BCUT2D eigenvalue weighted by Gasteiger charge is 2.13. The second-order valence-electron chi connectivity index (χ2n) is 6.83. The molecule has 3 nitrogen and oxygen atoms in total. The molecule has 1 heterocycles. The van der Waals surface area contributed by atoms with Crippen molar-refractivity contribution in [2.45, 2.75) is 13.8 Å². The molecule has 0 aliphatic rings. The molecule has 0 atom stereocenters. The lowest BCUT2D eigenvalue weighted by molar-refractivity contribution is 0.102. The number of H-pyrrole nitrogens is 1. The standard InChI is InChI=1S/C23H18Cl2N2O/c1-13-6-8-17(10-14(13)2)26-23(28)15-7-9-20-16(11-15)12-21(27-20)22-18(24)4-3-5-19(22)25/h3-12,27H,1-2H3,(H,26,28). The quantitative estimate of drug-likeness (QED) is 0.376. The van der Waals surface area contributed by atoms with Crippen molar-refractivity contribution in [3.8, 4) is 11.3 Å². The van der Waals surface area contributed by atoms with E-state index in [4.69, 9.17) is 23.2 Å². The summed E-state index contributed by atoms with van der Waals surface area (Å²) in [6.07, 6.45) is 0. The zero-order valence-electron chi connectivity index (χ0n) is 15.4. The van der Waals surface area contributed by atoms with Gasteiger partial charge in [-0.05, 0) is 73.5 Å². The highest BCUT2D eigenvalue weighted by atomic mass is 35.5. The number of hydrogen-bond acceptors (Lipinski definition) is 1. The first kappa shape index (κ1) is 18.6. The van der Waals surface area contributed by atoms with Gasteiger partial charge in [-0.25, -0.2) is 0 Å². The number of carbonyl (C=O) groups is 1. The smallest absolute Gasteiger partial charge is 0.255 e. The van der Waals surface area contributed by atoms with Crippen molar-refractivity contribution >= 4 is 45.7 Å². The van der Waals surface area contributed by atoms with E-state index in [0.29, 0.717) is 15.6 Å². The van der Waals surface area contributed by atoms with Crippen LogP contribution in [0.25, 0.3) is 22.2 Å². The molecule has 0 bridgehead atoms. The summed E-state index contributed by atoms with van der Waals surface area (Å²) in [7, 11) is 0. The Balaban J connectivity index is 1.66. The van der Waals surface area contributed by atoms with Gasteiger partial charge in [0.15, 0.2) is 0 Å². The second-order valence-corrected chi connectivity index (χ2v) is 7.65. The lowest BCUT2D eigenvalue weighted by Gasteiger charge is -2.08. The molecule has 0 aliphatic carbocycles. The Morgan fingerprint density at radius 2 is 1.64 bits per heavy atom. The van der Waals surface area contributed by atoms with Gasteiger partial charge in [-0.3, -0.25) is 4.79 Å². The molecule has 0 fully saturated rings. The number of aromatic nitrogens is 1. The van der Waals surface area contributed by atoms with E-state index in [-0.39, 0.29) is 5.91 Å². The van der Waals surface area contributed by atoms with Gasteiger partial charge in [0.1, 0.15) is 0 Å². The van der Waals surface area contributed by atoms with Gasteiger partial charge in [0.25, 0.3) is 5.91 Å². The van der Waals surface area contributed by atoms with Crippen LogP contribution in [-0.4, -0.2) is 10.9 Å². The summed E-state index contributed by atoms with van der Waals surface area (Å²) < 4.78 is 0. The maximum atomic E-state index is 12.7. The first-order chi connectivity index (χ1) is 13.4. The number of fused-ring (bicyclic) bond motifs is 1. The monoisotopic (exact) mass is 408 g/mol. The molecule has 0 saturated carbocycles. The Morgan fingerprint density at radius 3 is 2.36 bits per heavy atom. The van der Waals surface area contributed by atoms with Crippen LogP contribution in [0.3, 0.4) is 0 Å². The predicted molar refractivity (Wildman–Crippen MR) is 118 cm³/mol. The van der Waals surface area contributed by atoms with Crippen LogP contribution in [0.15, 0.2) is 60.7 Å². The molecule has 28 heavy (non-hydrogen) atoms. The van der Waals surface area contributed by atoms with Gasteiger partial charge in [-0.15, -0.1) is 0 Å². The summed E-state index contributed by atoms with van der Waals surface area (Å²) in [5, 5.41) is 5.02. The molecule has 0 aliphatic heterocycles. The Morgan fingerprint density at radius 1 is 0.893 bits per heavy atom. The largest absolute Gasteiger partial charge is 0.354 e. The number of nitrogens with one attached hydrogen (secondary N) is 2. The molecule has 1 aromatic heterocycles. The van der Waals surface area contributed by atoms with Gasteiger partial charge < -0.3 is 10.3 Å². The fraction of sp³-hybridized carbons (Fsp3) is 0.0870. The van der Waals surface area contributed by atoms with Crippen molar-refractivity contribution in [1.82, 2.24) is 4.98 Å². The molecule has 4 rings (SSSR count). The molecule has 0 radical (unpaired) electrons. The number of amides is 1. The van der Waals surface area contributed by atoms with Crippen molar-refractivity contribution in [3.63, 3.8) is 0 Å². The van der Waals surface area contributed by atoms with Crippen molar-refractivity contribution < 1.29 is 4.79 Å². The fourth-order valence-corrected chi connectivity index (χ4v) is 3.79. The first-order valence-corrected chi connectivity index (χ1v) is 9.64. The Hall–Kier alpha value is -2.75. The molecule has 0 unspecified atom stereocenters. The van der Waals surface area contributed by atoms with Crippen molar-refractivity contribution in [2.75, 3.05) is 5.32 Å². The first-order valence-electron chi connectivity index (χ1n) is 8.88. The topological polar surface area (TPSA) is 44.9 Å². The zero-order valence-corrected chi connectivity index (χ0v) is 16.9. The number of carbonyl (C=O) groups excluding carboxylic acids is 1. The lowest BCUT2D eigenvalue weighted by Crippen LogP contribution is -2.11. The summed E-state index contributed by atoms with van der Waals surface area (Å²) in [5.41, 5.74) is 6.18. The van der Waals surface area contributed by atoms with E-state index in [2.05, 4.69) is 10.3 Å². The Bertz CT molecular complexity index is 1190. The maximum Gasteiger partial charge on any atom is 0.255 e. The molecule has 140 valence electrons. The highest BCUT2D eigenvalue weighted by Crippen LogP contribution is 2.35. The van der Waals surface area contributed by atoms with Crippen LogP contribution in [0.5, 0.6) is 0 Å². The molecule has 0 spiro atoms. The number of benzene rings is 3. The van der Waals surface area contributed by atoms with Crippen LogP contribution in [0.4, 0.5) is 5.69 Å². The molecular formula is C23H18Cl2N2O. The van der Waals surface area contributed by atoms with Gasteiger partial charge in [-0.1, -0.05) is 35.3 Å². The number of anilines is 1. The van der Waals surface area contributed by atoms with Gasteiger partial charge in [0.2, 0.25) is 0 Å². The summed E-state index contributed by atoms with van der Waals surface area (Å²) in [4.78, 5) is 16.0. The maximum absolute atomic E-state index is 12.7. The van der Waals surface area contributed by atoms with Crippen LogP contribution in [-0.2, 0) is 0 Å². The van der Waals surface area contributed by atoms with Crippen LogP contribution in [0, 0.1) is 13.8 Å². The SMILES string of the molecule is Cc1ccc(NC(=O)c2ccc3[nH]c(-c4c(Cl)cccc4Cl)cc3c2)cc1C. The number of rotatable bonds is 3. The summed E-state index contributed by atoms with van der Waals surface area (Å²) in [6, 6.07) is 18.8. The predicted octanol–water partition coefficient (Wildman–Crippen LogP) is 7.01. The minimum atomic E-state index is -0.149. The Kier molecular flexibility index (Phi) is 4.88. The van der Waals surface area contributed by atoms with E-state index < -0.39 is 0 Å². The number of aryl methyl sites for hydroxylation is 2. The minimum Gasteiger partial charge on any atom is -0.354 e. The highest BCUT2D eigenvalue weighted by molar-refractivity contribution is 6.39. The molecular weight excluding hydrogens is 391 g/mol. The third-order valence-electron chi connectivity index (χ3n) is 4.88. The number of aromatic amines is 1. The third kappa shape index (κ3) is 3.51. The number of hydrogen-bond donors (Lipinski definition) is 2. The average Bonchev–Trinajstić information content (AvgIpc) is 3.07. The third-order valence-corrected chi connectivity index (χ3v) is 5.51. The van der Waals surface area contributed by atoms with Gasteiger partial charge in [0.05, 0.1) is 10.0 Å². The van der Waals surface area contributed by atoms with Crippen LogP contribution in [0.2, 0.25) is 10.0 Å². The van der Waals surface area contributed by atoms with Crippen molar-refractivity contribution in [1.29, 1.82) is 0 Å².